The van der Waals surface area contributed by atoms with Crippen LogP contribution in [0.4, 0.5) is 5.13 Å². The molecule has 8 heteroatoms. The molecule has 4 aromatic rings. The molecule has 0 aliphatic heterocycles. The summed E-state index contributed by atoms with van der Waals surface area (Å²) >= 11 is 4.81. The van der Waals surface area contributed by atoms with Crippen molar-refractivity contribution in [3.8, 4) is 11.3 Å². The van der Waals surface area contributed by atoms with Crippen LogP contribution in [-0.2, 0) is 11.3 Å². The normalized spacial score (nSPS) is 11.0. The fraction of sp³-hybridized carbons (Fsp3) is 0.143. The lowest BCUT2D eigenvalue weighted by Gasteiger charge is -2.07. The van der Waals surface area contributed by atoms with E-state index in [1.807, 2.05) is 48.7 Å². The van der Waals surface area contributed by atoms with Crippen LogP contribution in [-0.4, -0.2) is 20.4 Å². The Morgan fingerprint density at radius 1 is 1.24 bits per heavy atom. The lowest BCUT2D eigenvalue weighted by Crippen LogP contribution is -2.23. The first-order valence-corrected chi connectivity index (χ1v) is 10.6. The van der Waals surface area contributed by atoms with E-state index in [-0.39, 0.29) is 24.4 Å². The zero-order valence-corrected chi connectivity index (χ0v) is 18.0. The number of anilines is 1. The lowest BCUT2D eigenvalue weighted by atomic mass is 10.1. The van der Waals surface area contributed by atoms with Crippen LogP contribution in [0, 0.1) is 6.92 Å². The van der Waals surface area contributed by atoms with Gasteiger partial charge in [-0.1, -0.05) is 40.2 Å². The third-order valence-electron chi connectivity index (χ3n) is 4.51. The summed E-state index contributed by atoms with van der Waals surface area (Å²) in [6.45, 7) is 2.17. The van der Waals surface area contributed by atoms with E-state index >= 15 is 0 Å². The third kappa shape index (κ3) is 4.28. The van der Waals surface area contributed by atoms with E-state index in [9.17, 15) is 9.59 Å². The number of thiazole rings is 1. The van der Waals surface area contributed by atoms with Crippen LogP contribution in [0.1, 0.15) is 12.0 Å². The molecule has 0 fully saturated rings. The van der Waals surface area contributed by atoms with Crippen LogP contribution in [0.3, 0.4) is 0 Å². The number of carbonyl (C=O) groups excluding carboxylic acids is 1. The first-order chi connectivity index (χ1) is 14.0. The number of aromatic nitrogens is 3. The van der Waals surface area contributed by atoms with Crippen molar-refractivity contribution >= 4 is 49.2 Å². The van der Waals surface area contributed by atoms with E-state index < -0.39 is 0 Å². The average Bonchev–Trinajstić information content (AvgIpc) is 3.16. The molecule has 0 atom stereocenters. The Kier molecular flexibility index (Phi) is 5.55. The van der Waals surface area contributed by atoms with Crippen LogP contribution in [0.2, 0.25) is 0 Å². The highest BCUT2D eigenvalue weighted by Gasteiger charge is 2.10. The molecule has 1 amide bonds. The van der Waals surface area contributed by atoms with Gasteiger partial charge in [0.25, 0.3) is 5.56 Å². The van der Waals surface area contributed by atoms with E-state index in [2.05, 4.69) is 31.2 Å². The predicted molar refractivity (Wildman–Crippen MR) is 119 cm³/mol. The number of carbonyl (C=O) groups is 1. The van der Waals surface area contributed by atoms with E-state index in [0.717, 1.165) is 21.3 Å². The summed E-state index contributed by atoms with van der Waals surface area (Å²) in [5.74, 6) is -0.198. The minimum atomic E-state index is -0.198. The van der Waals surface area contributed by atoms with Gasteiger partial charge in [0.1, 0.15) is 0 Å². The van der Waals surface area contributed by atoms with E-state index in [4.69, 9.17) is 0 Å². The molecule has 146 valence electrons. The molecule has 0 aliphatic carbocycles. The second-order valence-corrected chi connectivity index (χ2v) is 8.33. The highest BCUT2D eigenvalue weighted by Crippen LogP contribution is 2.26. The number of nitrogens with zero attached hydrogens (tertiary/aromatic N) is 3. The average molecular weight is 469 g/mol. The molecular weight excluding hydrogens is 452 g/mol. The molecule has 0 radical (unpaired) electrons. The molecule has 0 spiro atoms. The van der Waals surface area contributed by atoms with Gasteiger partial charge in [-0.25, -0.2) is 9.97 Å². The number of halogens is 1. The highest BCUT2D eigenvalue weighted by atomic mass is 79.9. The molecule has 2 aromatic heterocycles. The fourth-order valence-electron chi connectivity index (χ4n) is 3.01. The summed E-state index contributed by atoms with van der Waals surface area (Å²) in [7, 11) is 0. The molecule has 0 unspecified atom stereocenters. The van der Waals surface area contributed by atoms with Gasteiger partial charge in [0.2, 0.25) is 5.91 Å². The number of aryl methyl sites for hydroxylation is 2. The first kappa shape index (κ1) is 19.5. The number of rotatable bonds is 5. The molecule has 0 aliphatic rings. The summed E-state index contributed by atoms with van der Waals surface area (Å²) in [6.07, 6.45) is 1.66. The highest BCUT2D eigenvalue weighted by molar-refractivity contribution is 9.10. The van der Waals surface area contributed by atoms with Gasteiger partial charge in [0.15, 0.2) is 5.13 Å². The van der Waals surface area contributed by atoms with Crippen LogP contribution in [0.25, 0.3) is 22.2 Å². The van der Waals surface area contributed by atoms with Gasteiger partial charge in [0.05, 0.1) is 22.9 Å². The zero-order chi connectivity index (χ0) is 20.4. The fourth-order valence-corrected chi connectivity index (χ4v) is 4.15. The van der Waals surface area contributed by atoms with Crippen LogP contribution >= 0.6 is 27.3 Å². The topological polar surface area (TPSA) is 76.9 Å². The Bertz CT molecular complexity index is 1270. The SMILES string of the molecule is Cc1cccc2c(=O)n(CCC(=O)Nc3nc(-c4cccc(Br)c4)cs3)cnc12. The van der Waals surface area contributed by atoms with E-state index in [1.165, 1.54) is 22.2 Å². The van der Waals surface area contributed by atoms with Crippen LogP contribution in [0.5, 0.6) is 0 Å². The van der Waals surface area contributed by atoms with Crippen LogP contribution < -0.4 is 10.9 Å². The van der Waals surface area contributed by atoms with Crippen molar-refractivity contribution in [2.75, 3.05) is 5.32 Å². The van der Waals surface area contributed by atoms with Crippen molar-refractivity contribution in [3.63, 3.8) is 0 Å². The van der Waals surface area contributed by atoms with Crippen molar-refractivity contribution < 1.29 is 4.79 Å². The van der Waals surface area contributed by atoms with E-state index in [1.54, 1.807) is 6.07 Å². The second kappa shape index (κ2) is 8.26. The molecule has 6 nitrogen and oxygen atoms in total. The molecule has 1 N–H and O–H groups in total. The molecule has 2 heterocycles. The van der Waals surface area contributed by atoms with Gasteiger partial charge in [-0.05, 0) is 30.7 Å². The summed E-state index contributed by atoms with van der Waals surface area (Å²) in [6, 6.07) is 13.3. The molecule has 2 aromatic carbocycles. The van der Waals surface area contributed by atoms with Gasteiger partial charge in [-0.15, -0.1) is 11.3 Å². The summed E-state index contributed by atoms with van der Waals surface area (Å²) in [5.41, 5.74) is 3.28. The molecule has 0 saturated heterocycles. The maximum atomic E-state index is 12.6. The number of hydrogen-bond acceptors (Lipinski definition) is 5. The molecule has 0 saturated carbocycles. The molecule has 0 bridgehead atoms. The Morgan fingerprint density at radius 2 is 2.07 bits per heavy atom. The Labute approximate surface area is 179 Å². The zero-order valence-electron chi connectivity index (χ0n) is 15.6. The number of hydrogen-bond donors (Lipinski definition) is 1. The number of nitrogens with one attached hydrogen (secondary N) is 1. The van der Waals surface area contributed by atoms with Crippen molar-refractivity contribution in [1.82, 2.24) is 14.5 Å². The summed E-state index contributed by atoms with van der Waals surface area (Å²) in [4.78, 5) is 33.8. The minimum absolute atomic E-state index is 0.141. The third-order valence-corrected chi connectivity index (χ3v) is 5.76. The van der Waals surface area contributed by atoms with Crippen molar-refractivity contribution in [3.05, 3.63) is 74.6 Å². The Hall–Kier alpha value is -2.84. The van der Waals surface area contributed by atoms with Gasteiger partial charge in [-0.2, -0.15) is 0 Å². The van der Waals surface area contributed by atoms with Gasteiger partial charge < -0.3 is 5.32 Å². The maximum Gasteiger partial charge on any atom is 0.261 e. The standard InChI is InChI=1S/C21H17BrN4O2S/c1-13-4-2-7-16-19(13)23-12-26(20(16)28)9-8-18(27)25-21-24-17(11-29-21)14-5-3-6-15(22)10-14/h2-7,10-12H,8-9H2,1H3,(H,24,25,27). The largest absolute Gasteiger partial charge is 0.302 e. The number of para-hydroxylation sites is 1. The lowest BCUT2D eigenvalue weighted by molar-refractivity contribution is -0.116. The smallest absolute Gasteiger partial charge is 0.261 e. The van der Waals surface area contributed by atoms with Crippen molar-refractivity contribution in [1.29, 1.82) is 0 Å². The van der Waals surface area contributed by atoms with Crippen molar-refractivity contribution in [2.24, 2.45) is 0 Å². The Morgan fingerprint density at radius 3 is 2.90 bits per heavy atom. The van der Waals surface area contributed by atoms with Gasteiger partial charge in [0, 0.05) is 28.4 Å². The summed E-state index contributed by atoms with van der Waals surface area (Å²) in [5, 5.41) is 5.80. The number of fused-ring (bicyclic) bond motifs is 1. The van der Waals surface area contributed by atoms with Gasteiger partial charge in [-0.3, -0.25) is 14.2 Å². The quantitative estimate of drug-likeness (QED) is 0.463. The second-order valence-electron chi connectivity index (χ2n) is 6.56. The number of benzene rings is 2. The molecular formula is C21H17BrN4O2S. The predicted octanol–water partition coefficient (Wildman–Crippen LogP) is 4.62. The van der Waals surface area contributed by atoms with Gasteiger partial charge >= 0.3 is 0 Å². The molecule has 4 rings (SSSR count). The maximum absolute atomic E-state index is 12.6. The first-order valence-electron chi connectivity index (χ1n) is 8.97. The Balaban J connectivity index is 1.43. The number of amides is 1. The van der Waals surface area contributed by atoms with E-state index in [0.29, 0.717) is 16.0 Å². The molecule has 29 heavy (non-hydrogen) atoms. The van der Waals surface area contributed by atoms with Crippen LogP contribution in [0.15, 0.2) is 63.4 Å². The summed E-state index contributed by atoms with van der Waals surface area (Å²) < 4.78 is 2.44. The van der Waals surface area contributed by atoms with Crippen molar-refractivity contribution in [2.45, 2.75) is 19.9 Å². The minimum Gasteiger partial charge on any atom is -0.302 e. The monoisotopic (exact) mass is 468 g/mol.